The summed E-state index contributed by atoms with van der Waals surface area (Å²) in [6.45, 7) is 10.2. The van der Waals surface area contributed by atoms with Gasteiger partial charge in [0.25, 0.3) is 11.8 Å². The highest BCUT2D eigenvalue weighted by Crippen LogP contribution is 2.35. The van der Waals surface area contributed by atoms with Crippen LogP contribution in [0.3, 0.4) is 0 Å². The van der Waals surface area contributed by atoms with Gasteiger partial charge >= 0.3 is 5.97 Å². The summed E-state index contributed by atoms with van der Waals surface area (Å²) in [5, 5.41) is 3.12. The first-order chi connectivity index (χ1) is 14.8. The highest BCUT2D eigenvalue weighted by molar-refractivity contribution is 7.18. The van der Waals surface area contributed by atoms with Gasteiger partial charge in [-0.25, -0.2) is 9.78 Å². The number of hydrogen-bond donors (Lipinski definition) is 1. The highest BCUT2D eigenvalue weighted by Gasteiger charge is 2.29. The van der Waals surface area contributed by atoms with Crippen molar-refractivity contribution in [3.05, 3.63) is 51.8 Å². The lowest BCUT2D eigenvalue weighted by molar-refractivity contribution is 0.0527. The molecule has 164 valence electrons. The number of carbonyl (C=O) groups is 3. The van der Waals surface area contributed by atoms with Gasteiger partial charge in [-0.15, -0.1) is 11.3 Å². The van der Waals surface area contributed by atoms with Gasteiger partial charge in [0.1, 0.15) is 16.3 Å². The number of ether oxygens (including phenoxy) is 1. The lowest BCUT2D eigenvalue weighted by Crippen LogP contribution is -2.30. The Balaban J connectivity index is 2.05. The number of aryl methyl sites for hydroxylation is 1. The van der Waals surface area contributed by atoms with Gasteiger partial charge < -0.3 is 15.0 Å². The first-order valence-corrected chi connectivity index (χ1v) is 11.0. The van der Waals surface area contributed by atoms with Crippen molar-refractivity contribution in [1.82, 2.24) is 14.3 Å². The summed E-state index contributed by atoms with van der Waals surface area (Å²) in [6, 6.07) is 5.46. The predicted octanol–water partition coefficient (Wildman–Crippen LogP) is 3.92. The van der Waals surface area contributed by atoms with E-state index in [0.717, 1.165) is 11.3 Å². The van der Waals surface area contributed by atoms with E-state index in [1.807, 2.05) is 32.0 Å². The SMILES string of the molecule is CCOC(=O)c1c(NC(=O)c2c(C)nc3ccccn23)sc(C(=O)N(CC)CC)c1C. The number of imidazole rings is 1. The van der Waals surface area contributed by atoms with E-state index in [0.29, 0.717) is 45.6 Å². The number of thiophene rings is 1. The van der Waals surface area contributed by atoms with Gasteiger partial charge in [0.15, 0.2) is 0 Å². The van der Waals surface area contributed by atoms with E-state index in [9.17, 15) is 14.4 Å². The quantitative estimate of drug-likeness (QED) is 0.560. The average Bonchev–Trinajstić information content (AvgIpc) is 3.24. The molecule has 0 atom stereocenters. The molecular weight excluding hydrogens is 416 g/mol. The highest BCUT2D eigenvalue weighted by atomic mass is 32.1. The first-order valence-electron chi connectivity index (χ1n) is 10.2. The van der Waals surface area contributed by atoms with Crippen LogP contribution in [0.25, 0.3) is 5.65 Å². The van der Waals surface area contributed by atoms with E-state index in [4.69, 9.17) is 4.74 Å². The molecule has 0 aromatic carbocycles. The lowest BCUT2D eigenvalue weighted by Gasteiger charge is -2.18. The zero-order valence-electron chi connectivity index (χ0n) is 18.3. The van der Waals surface area contributed by atoms with Crippen LogP contribution in [0.4, 0.5) is 5.00 Å². The fourth-order valence-electron chi connectivity index (χ4n) is 3.46. The van der Waals surface area contributed by atoms with Gasteiger partial charge in [-0.3, -0.25) is 14.0 Å². The smallest absolute Gasteiger partial charge is 0.341 e. The van der Waals surface area contributed by atoms with Crippen LogP contribution in [0.5, 0.6) is 0 Å². The largest absolute Gasteiger partial charge is 0.462 e. The van der Waals surface area contributed by atoms with Crippen LogP contribution in [-0.2, 0) is 4.74 Å². The average molecular weight is 443 g/mol. The van der Waals surface area contributed by atoms with Crippen LogP contribution in [-0.4, -0.2) is 51.8 Å². The Hall–Kier alpha value is -3.20. The van der Waals surface area contributed by atoms with E-state index in [1.165, 1.54) is 0 Å². The minimum Gasteiger partial charge on any atom is -0.462 e. The monoisotopic (exact) mass is 442 g/mol. The molecule has 0 aliphatic rings. The fraction of sp³-hybridized carbons (Fsp3) is 0.364. The Bertz CT molecular complexity index is 1140. The maximum absolute atomic E-state index is 13.2. The third-order valence-electron chi connectivity index (χ3n) is 5.02. The molecule has 1 N–H and O–H groups in total. The van der Waals surface area contributed by atoms with Crippen LogP contribution in [0, 0.1) is 13.8 Å². The van der Waals surface area contributed by atoms with Crippen molar-refractivity contribution in [2.75, 3.05) is 25.0 Å². The molecule has 3 heterocycles. The number of nitrogens with one attached hydrogen (secondary N) is 1. The summed E-state index contributed by atoms with van der Waals surface area (Å²) >= 11 is 1.09. The molecule has 0 fully saturated rings. The number of hydrogen-bond acceptors (Lipinski definition) is 6. The molecule has 3 rings (SSSR count). The second kappa shape index (κ2) is 9.30. The zero-order chi connectivity index (χ0) is 22.7. The van der Waals surface area contributed by atoms with Crippen LogP contribution >= 0.6 is 11.3 Å². The first kappa shape index (κ1) is 22.5. The molecule has 0 saturated heterocycles. The zero-order valence-corrected chi connectivity index (χ0v) is 19.1. The van der Waals surface area contributed by atoms with Crippen molar-refractivity contribution in [3.63, 3.8) is 0 Å². The normalized spacial score (nSPS) is 10.9. The van der Waals surface area contributed by atoms with Gasteiger partial charge in [-0.2, -0.15) is 0 Å². The van der Waals surface area contributed by atoms with Gasteiger partial charge in [-0.05, 0) is 52.3 Å². The lowest BCUT2D eigenvalue weighted by atomic mass is 10.1. The summed E-state index contributed by atoms with van der Waals surface area (Å²) in [5.41, 5.74) is 2.30. The molecular formula is C22H26N4O4S. The molecule has 3 aromatic heterocycles. The van der Waals surface area contributed by atoms with Crippen LogP contribution in [0.1, 0.15) is 62.5 Å². The number of pyridine rings is 1. The second-order valence-electron chi connectivity index (χ2n) is 6.89. The molecule has 0 radical (unpaired) electrons. The summed E-state index contributed by atoms with van der Waals surface area (Å²) in [7, 11) is 0. The molecule has 9 heteroatoms. The Labute approximate surface area is 184 Å². The van der Waals surface area contributed by atoms with E-state index in [1.54, 1.807) is 36.3 Å². The van der Waals surface area contributed by atoms with Gasteiger partial charge in [0, 0.05) is 19.3 Å². The number of esters is 1. The minimum atomic E-state index is -0.569. The molecule has 0 bridgehead atoms. The third-order valence-corrected chi connectivity index (χ3v) is 6.21. The molecule has 0 aliphatic heterocycles. The number of amides is 2. The predicted molar refractivity (Wildman–Crippen MR) is 120 cm³/mol. The van der Waals surface area contributed by atoms with Crippen molar-refractivity contribution in [2.24, 2.45) is 0 Å². The molecule has 8 nitrogen and oxygen atoms in total. The third kappa shape index (κ3) is 4.18. The number of aromatic nitrogens is 2. The maximum atomic E-state index is 13.2. The number of carbonyl (C=O) groups excluding carboxylic acids is 3. The molecule has 0 spiro atoms. The van der Waals surface area contributed by atoms with Crippen molar-refractivity contribution in [2.45, 2.75) is 34.6 Å². The van der Waals surface area contributed by atoms with Crippen LogP contribution in [0.2, 0.25) is 0 Å². The molecule has 0 saturated carbocycles. The molecule has 31 heavy (non-hydrogen) atoms. The van der Waals surface area contributed by atoms with Gasteiger partial charge in [0.05, 0.1) is 22.7 Å². The number of fused-ring (bicyclic) bond motifs is 1. The van der Waals surface area contributed by atoms with Crippen molar-refractivity contribution < 1.29 is 19.1 Å². The van der Waals surface area contributed by atoms with E-state index in [-0.39, 0.29) is 18.1 Å². The molecule has 3 aromatic rings. The van der Waals surface area contributed by atoms with E-state index < -0.39 is 11.9 Å². The number of anilines is 1. The molecule has 2 amide bonds. The summed E-state index contributed by atoms with van der Waals surface area (Å²) in [4.78, 5) is 45.3. The Morgan fingerprint density at radius 2 is 1.87 bits per heavy atom. The van der Waals surface area contributed by atoms with Gasteiger partial charge in [-0.1, -0.05) is 6.07 Å². The minimum absolute atomic E-state index is 0.176. The van der Waals surface area contributed by atoms with Crippen molar-refractivity contribution >= 4 is 39.8 Å². The standard InChI is InChI=1S/C22H26N4O4S/c1-6-25(7-2)21(28)18-13(4)16(22(29)30-8-3)20(31-18)24-19(27)17-14(5)23-15-11-9-10-12-26(15)17/h9-12H,6-8H2,1-5H3,(H,24,27). The fourth-order valence-corrected chi connectivity index (χ4v) is 4.62. The Morgan fingerprint density at radius 1 is 1.16 bits per heavy atom. The van der Waals surface area contributed by atoms with E-state index >= 15 is 0 Å². The van der Waals surface area contributed by atoms with E-state index in [2.05, 4.69) is 10.3 Å². The van der Waals surface area contributed by atoms with Crippen molar-refractivity contribution in [1.29, 1.82) is 0 Å². The summed E-state index contributed by atoms with van der Waals surface area (Å²) in [6.07, 6.45) is 1.76. The summed E-state index contributed by atoms with van der Waals surface area (Å²) in [5.74, 6) is -1.16. The maximum Gasteiger partial charge on any atom is 0.341 e. The number of rotatable bonds is 7. The molecule has 0 aliphatic carbocycles. The topological polar surface area (TPSA) is 93.0 Å². The van der Waals surface area contributed by atoms with Crippen molar-refractivity contribution in [3.8, 4) is 0 Å². The Morgan fingerprint density at radius 3 is 2.52 bits per heavy atom. The Kier molecular flexibility index (Phi) is 6.74. The van der Waals surface area contributed by atoms with Crippen LogP contribution in [0.15, 0.2) is 24.4 Å². The van der Waals surface area contributed by atoms with Crippen LogP contribution < -0.4 is 5.32 Å². The second-order valence-corrected chi connectivity index (χ2v) is 7.91. The molecule has 0 unspecified atom stereocenters. The number of nitrogens with zero attached hydrogens (tertiary/aromatic N) is 3. The van der Waals surface area contributed by atoms with Gasteiger partial charge in [0.2, 0.25) is 0 Å². The summed E-state index contributed by atoms with van der Waals surface area (Å²) < 4.78 is 6.89.